The van der Waals surface area contributed by atoms with Crippen molar-refractivity contribution in [2.75, 3.05) is 17.4 Å². The molecule has 0 aromatic heterocycles. The Morgan fingerprint density at radius 3 is 2.00 bits per heavy atom. The Bertz CT molecular complexity index is 1650. The van der Waals surface area contributed by atoms with Crippen molar-refractivity contribution in [3.8, 4) is 0 Å². The molecule has 0 saturated carbocycles. The smallest absolute Gasteiger partial charge is 0.264 e. The van der Waals surface area contributed by atoms with Gasteiger partial charge in [-0.25, -0.2) is 8.42 Å². The van der Waals surface area contributed by atoms with Crippen LogP contribution in [0.25, 0.3) is 0 Å². The number of carbonyl (C=O) groups excluding carboxylic acids is 2. The minimum Gasteiger partial charge on any atom is -0.354 e. The van der Waals surface area contributed by atoms with Crippen LogP contribution in [0, 0.1) is 20.8 Å². The zero-order chi connectivity index (χ0) is 31.7. The first-order valence-electron chi connectivity index (χ1n) is 14.9. The van der Waals surface area contributed by atoms with Crippen molar-refractivity contribution in [3.05, 3.63) is 131 Å². The van der Waals surface area contributed by atoms with Crippen molar-refractivity contribution < 1.29 is 18.0 Å². The van der Waals surface area contributed by atoms with Gasteiger partial charge < -0.3 is 10.2 Å². The van der Waals surface area contributed by atoms with Crippen LogP contribution in [-0.4, -0.2) is 44.3 Å². The number of sulfonamides is 1. The highest BCUT2D eigenvalue weighted by Crippen LogP contribution is 2.27. The summed E-state index contributed by atoms with van der Waals surface area (Å²) in [6.45, 7) is 7.86. The Hall–Kier alpha value is -4.43. The van der Waals surface area contributed by atoms with E-state index in [1.807, 2.05) is 88.4 Å². The van der Waals surface area contributed by atoms with Crippen LogP contribution >= 0.6 is 0 Å². The summed E-state index contributed by atoms with van der Waals surface area (Å²) in [6.07, 6.45) is 1.02. The summed E-state index contributed by atoms with van der Waals surface area (Å²) in [4.78, 5) is 29.9. The van der Waals surface area contributed by atoms with Gasteiger partial charge in [-0.3, -0.25) is 13.9 Å². The van der Waals surface area contributed by atoms with E-state index >= 15 is 0 Å². The third kappa shape index (κ3) is 8.14. The maximum atomic E-state index is 14.5. The Morgan fingerprint density at radius 2 is 1.39 bits per heavy atom. The number of hydrogen-bond acceptors (Lipinski definition) is 4. The van der Waals surface area contributed by atoms with Crippen LogP contribution in [0.5, 0.6) is 0 Å². The molecule has 1 atom stereocenters. The number of benzene rings is 4. The van der Waals surface area contributed by atoms with Crippen LogP contribution in [0.3, 0.4) is 0 Å². The summed E-state index contributed by atoms with van der Waals surface area (Å²) < 4.78 is 29.4. The zero-order valence-corrected chi connectivity index (χ0v) is 26.7. The summed E-state index contributed by atoms with van der Waals surface area (Å²) in [5.74, 6) is -0.749. The van der Waals surface area contributed by atoms with Gasteiger partial charge >= 0.3 is 0 Å². The van der Waals surface area contributed by atoms with Gasteiger partial charge in [0.05, 0.1) is 10.6 Å². The molecule has 0 aliphatic heterocycles. The Kier molecular flexibility index (Phi) is 11.0. The van der Waals surface area contributed by atoms with Crippen molar-refractivity contribution in [2.24, 2.45) is 0 Å². The first kappa shape index (κ1) is 32.5. The predicted molar refractivity (Wildman–Crippen MR) is 176 cm³/mol. The van der Waals surface area contributed by atoms with E-state index in [0.29, 0.717) is 12.2 Å². The first-order chi connectivity index (χ1) is 21.1. The summed E-state index contributed by atoms with van der Waals surface area (Å²) in [6, 6.07) is 30.0. The molecule has 8 heteroatoms. The Balaban J connectivity index is 1.82. The van der Waals surface area contributed by atoms with Crippen molar-refractivity contribution in [1.82, 2.24) is 10.2 Å². The topological polar surface area (TPSA) is 86.8 Å². The molecule has 4 rings (SSSR count). The van der Waals surface area contributed by atoms with Crippen molar-refractivity contribution in [2.45, 2.75) is 58.0 Å². The number of rotatable bonds is 13. The molecule has 0 radical (unpaired) electrons. The number of carbonyl (C=O) groups is 2. The fraction of sp³-hybridized carbons (Fsp3) is 0.278. The number of nitrogens with zero attached hydrogens (tertiary/aromatic N) is 2. The molecule has 0 bridgehead atoms. The average molecular weight is 612 g/mol. The highest BCUT2D eigenvalue weighted by molar-refractivity contribution is 7.92. The van der Waals surface area contributed by atoms with Crippen LogP contribution in [0.1, 0.15) is 41.2 Å². The second-order valence-corrected chi connectivity index (χ2v) is 13.0. The molecule has 0 aliphatic rings. The van der Waals surface area contributed by atoms with Gasteiger partial charge in [0.1, 0.15) is 12.6 Å². The van der Waals surface area contributed by atoms with E-state index in [9.17, 15) is 18.0 Å². The number of hydrogen-bond donors (Lipinski definition) is 1. The van der Waals surface area contributed by atoms with E-state index in [-0.39, 0.29) is 23.8 Å². The standard InChI is InChI=1S/C36H41N3O4S/c1-5-20-37-36(41)34(24-30-15-8-6-9-16-30)38(25-31-17-13-12-14-29(31)4)35(40)26-39(32-22-27(2)21-28(3)23-32)44(42,43)33-18-10-7-11-19-33/h6-19,21-23,34H,5,20,24-26H2,1-4H3,(H,37,41)/t34-/m1/s1. The van der Waals surface area contributed by atoms with E-state index in [0.717, 1.165) is 34.2 Å². The molecular formula is C36H41N3O4S. The van der Waals surface area contributed by atoms with Crippen LogP contribution < -0.4 is 9.62 Å². The fourth-order valence-electron chi connectivity index (χ4n) is 5.23. The second kappa shape index (κ2) is 14.8. The SMILES string of the molecule is CCCNC(=O)[C@@H](Cc1ccccc1)N(Cc1ccccc1C)C(=O)CN(c1cc(C)cc(C)c1)S(=O)(=O)c1ccccc1. The molecule has 1 N–H and O–H groups in total. The zero-order valence-electron chi connectivity index (χ0n) is 25.9. The minimum absolute atomic E-state index is 0.0823. The van der Waals surface area contributed by atoms with Gasteiger partial charge in [-0.15, -0.1) is 0 Å². The van der Waals surface area contributed by atoms with Crippen molar-refractivity contribution >= 4 is 27.5 Å². The lowest BCUT2D eigenvalue weighted by molar-refractivity contribution is -0.140. The normalized spacial score (nSPS) is 11.9. The maximum Gasteiger partial charge on any atom is 0.264 e. The number of anilines is 1. The van der Waals surface area contributed by atoms with Gasteiger partial charge in [0.25, 0.3) is 10.0 Å². The van der Waals surface area contributed by atoms with Gasteiger partial charge in [-0.2, -0.15) is 0 Å². The highest BCUT2D eigenvalue weighted by Gasteiger charge is 2.34. The first-order valence-corrected chi connectivity index (χ1v) is 16.4. The highest BCUT2D eigenvalue weighted by atomic mass is 32.2. The molecular weight excluding hydrogens is 570 g/mol. The van der Waals surface area contributed by atoms with Gasteiger partial charge in [0, 0.05) is 19.5 Å². The summed E-state index contributed by atoms with van der Waals surface area (Å²) in [5, 5.41) is 2.98. The fourth-order valence-corrected chi connectivity index (χ4v) is 6.65. The van der Waals surface area contributed by atoms with Crippen LogP contribution in [0.2, 0.25) is 0 Å². The van der Waals surface area contributed by atoms with Crippen LogP contribution in [0.15, 0.2) is 108 Å². The van der Waals surface area contributed by atoms with E-state index in [1.165, 1.54) is 21.3 Å². The number of nitrogens with one attached hydrogen (secondary N) is 1. The molecule has 230 valence electrons. The lowest BCUT2D eigenvalue weighted by Crippen LogP contribution is -2.53. The maximum absolute atomic E-state index is 14.5. The van der Waals surface area contributed by atoms with Crippen LogP contribution in [0.4, 0.5) is 5.69 Å². The molecule has 0 unspecified atom stereocenters. The summed E-state index contributed by atoms with van der Waals surface area (Å²) in [5.41, 5.74) is 4.89. The molecule has 0 aliphatic carbocycles. The molecule has 0 saturated heterocycles. The quantitative estimate of drug-likeness (QED) is 0.202. The second-order valence-electron chi connectivity index (χ2n) is 11.1. The molecule has 4 aromatic carbocycles. The summed E-state index contributed by atoms with van der Waals surface area (Å²) >= 11 is 0. The van der Waals surface area contributed by atoms with Crippen LogP contribution in [-0.2, 0) is 32.6 Å². The van der Waals surface area contributed by atoms with E-state index in [4.69, 9.17) is 0 Å². The molecule has 44 heavy (non-hydrogen) atoms. The molecule has 0 fully saturated rings. The number of aryl methyl sites for hydroxylation is 3. The molecule has 0 spiro atoms. The third-order valence-electron chi connectivity index (χ3n) is 7.53. The predicted octanol–water partition coefficient (Wildman–Crippen LogP) is 5.97. The Morgan fingerprint density at radius 1 is 0.795 bits per heavy atom. The lowest BCUT2D eigenvalue weighted by atomic mass is 10.0. The van der Waals surface area contributed by atoms with E-state index < -0.39 is 28.5 Å². The minimum atomic E-state index is -4.13. The van der Waals surface area contributed by atoms with Crippen molar-refractivity contribution in [3.63, 3.8) is 0 Å². The lowest BCUT2D eigenvalue weighted by Gasteiger charge is -2.34. The summed E-state index contributed by atoms with van der Waals surface area (Å²) in [7, 11) is -4.13. The Labute approximate surface area is 261 Å². The third-order valence-corrected chi connectivity index (χ3v) is 9.31. The van der Waals surface area contributed by atoms with E-state index in [2.05, 4.69) is 5.32 Å². The van der Waals surface area contributed by atoms with E-state index in [1.54, 1.807) is 30.3 Å². The molecule has 4 aromatic rings. The molecule has 2 amide bonds. The monoisotopic (exact) mass is 611 g/mol. The van der Waals surface area contributed by atoms with Gasteiger partial charge in [0.15, 0.2) is 0 Å². The molecule has 0 heterocycles. The van der Waals surface area contributed by atoms with Gasteiger partial charge in [0.2, 0.25) is 11.8 Å². The van der Waals surface area contributed by atoms with Gasteiger partial charge in [-0.05, 0) is 79.3 Å². The average Bonchev–Trinajstić information content (AvgIpc) is 3.01. The van der Waals surface area contributed by atoms with Gasteiger partial charge in [-0.1, -0.05) is 85.8 Å². The number of amides is 2. The largest absolute Gasteiger partial charge is 0.354 e. The van der Waals surface area contributed by atoms with Crippen molar-refractivity contribution in [1.29, 1.82) is 0 Å². The molecule has 7 nitrogen and oxygen atoms in total.